The Morgan fingerprint density at radius 2 is 2.00 bits per heavy atom. The van der Waals surface area contributed by atoms with E-state index in [1.54, 1.807) is 20.1 Å². The Morgan fingerprint density at radius 1 is 1.21 bits per heavy atom. The molecule has 0 bridgehead atoms. The summed E-state index contributed by atoms with van der Waals surface area (Å²) in [7, 11) is 1.61. The molecular formula is C22H19N3O3. The quantitative estimate of drug-likeness (QED) is 0.528. The minimum absolute atomic E-state index is 0.271. The topological polar surface area (TPSA) is 70.2 Å². The Balaban J connectivity index is 1.88. The van der Waals surface area contributed by atoms with Crippen LogP contribution in [0.15, 0.2) is 64.4 Å². The van der Waals surface area contributed by atoms with Crippen LogP contribution in [0.1, 0.15) is 16.9 Å². The molecule has 0 aliphatic carbocycles. The first-order valence-corrected chi connectivity index (χ1v) is 8.83. The van der Waals surface area contributed by atoms with Crippen molar-refractivity contribution >= 4 is 17.0 Å². The smallest absolute Gasteiger partial charge is 0.297 e. The summed E-state index contributed by atoms with van der Waals surface area (Å²) in [4.78, 5) is 12.9. The predicted octanol–water partition coefficient (Wildman–Crippen LogP) is 4.06. The van der Waals surface area contributed by atoms with Gasteiger partial charge >= 0.3 is 0 Å². The first-order valence-electron chi connectivity index (χ1n) is 8.83. The molecule has 0 aliphatic heterocycles. The molecule has 0 atom stereocenters. The number of hydrogen-bond acceptors (Lipinski definition) is 5. The monoisotopic (exact) mass is 373 g/mol. The van der Waals surface area contributed by atoms with Crippen molar-refractivity contribution in [2.24, 2.45) is 0 Å². The molecule has 2 aromatic carbocycles. The van der Waals surface area contributed by atoms with Gasteiger partial charge < -0.3 is 9.26 Å². The average Bonchev–Trinajstić information content (AvgIpc) is 3.12. The van der Waals surface area contributed by atoms with Gasteiger partial charge in [0.15, 0.2) is 5.52 Å². The first kappa shape index (κ1) is 17.7. The molecule has 0 saturated heterocycles. The van der Waals surface area contributed by atoms with E-state index >= 15 is 0 Å². The third-order valence-electron chi connectivity index (χ3n) is 4.65. The Hall–Kier alpha value is -3.67. The SMILES string of the molecule is C=Cc1ccc(Cn2nc(-c3cccc(OC)c3)c3c(C)onc3c2=O)cc1. The summed E-state index contributed by atoms with van der Waals surface area (Å²) in [6, 6.07) is 15.4. The Morgan fingerprint density at radius 3 is 2.71 bits per heavy atom. The highest BCUT2D eigenvalue weighted by atomic mass is 16.5. The predicted molar refractivity (Wildman–Crippen MR) is 108 cm³/mol. The molecule has 4 rings (SSSR count). The number of aryl methyl sites for hydroxylation is 1. The van der Waals surface area contributed by atoms with Crippen LogP contribution in [0.25, 0.3) is 28.2 Å². The molecule has 0 aliphatic rings. The Kier molecular flexibility index (Phi) is 4.53. The van der Waals surface area contributed by atoms with Gasteiger partial charge in [-0.1, -0.05) is 54.2 Å². The van der Waals surface area contributed by atoms with Crippen LogP contribution in [0.5, 0.6) is 5.75 Å². The summed E-state index contributed by atoms with van der Waals surface area (Å²) in [5, 5.41) is 9.25. The molecule has 0 fully saturated rings. The zero-order chi connectivity index (χ0) is 19.7. The number of fused-ring (bicyclic) bond motifs is 1. The molecule has 0 amide bonds. The van der Waals surface area contributed by atoms with E-state index in [-0.39, 0.29) is 11.1 Å². The van der Waals surface area contributed by atoms with E-state index in [0.717, 1.165) is 16.7 Å². The summed E-state index contributed by atoms with van der Waals surface area (Å²) >= 11 is 0. The lowest BCUT2D eigenvalue weighted by molar-refractivity contribution is 0.405. The number of nitrogens with zero attached hydrogens (tertiary/aromatic N) is 3. The zero-order valence-electron chi connectivity index (χ0n) is 15.7. The second-order valence-electron chi connectivity index (χ2n) is 6.45. The largest absolute Gasteiger partial charge is 0.497 e. The van der Waals surface area contributed by atoms with Gasteiger partial charge in [-0.15, -0.1) is 0 Å². The molecule has 6 nitrogen and oxygen atoms in total. The fourth-order valence-corrected chi connectivity index (χ4v) is 3.15. The van der Waals surface area contributed by atoms with Gasteiger partial charge in [0.05, 0.1) is 19.0 Å². The van der Waals surface area contributed by atoms with Crippen LogP contribution in [-0.2, 0) is 6.54 Å². The van der Waals surface area contributed by atoms with Crippen molar-refractivity contribution in [3.8, 4) is 17.0 Å². The second-order valence-corrected chi connectivity index (χ2v) is 6.45. The molecule has 0 radical (unpaired) electrons. The summed E-state index contributed by atoms with van der Waals surface area (Å²) in [5.41, 5.74) is 3.42. The second kappa shape index (κ2) is 7.15. The van der Waals surface area contributed by atoms with Crippen LogP contribution >= 0.6 is 0 Å². The van der Waals surface area contributed by atoms with Crippen LogP contribution in [-0.4, -0.2) is 22.0 Å². The van der Waals surface area contributed by atoms with Gasteiger partial charge in [-0.2, -0.15) is 5.10 Å². The number of aromatic nitrogens is 3. The number of ether oxygens (including phenoxy) is 1. The van der Waals surface area contributed by atoms with Crippen LogP contribution in [0, 0.1) is 6.92 Å². The van der Waals surface area contributed by atoms with E-state index in [2.05, 4.69) is 16.8 Å². The molecule has 0 spiro atoms. The summed E-state index contributed by atoms with van der Waals surface area (Å²) < 4.78 is 12.1. The van der Waals surface area contributed by atoms with Crippen LogP contribution < -0.4 is 10.3 Å². The molecule has 28 heavy (non-hydrogen) atoms. The molecule has 0 unspecified atom stereocenters. The Bertz CT molecular complexity index is 1220. The molecule has 6 heteroatoms. The third-order valence-corrected chi connectivity index (χ3v) is 4.65. The van der Waals surface area contributed by atoms with Gasteiger partial charge in [0, 0.05) is 5.56 Å². The maximum Gasteiger partial charge on any atom is 0.297 e. The normalized spacial score (nSPS) is 10.9. The fourth-order valence-electron chi connectivity index (χ4n) is 3.15. The van der Waals surface area contributed by atoms with Gasteiger partial charge in [-0.3, -0.25) is 4.79 Å². The fraction of sp³-hybridized carbons (Fsp3) is 0.136. The third kappa shape index (κ3) is 3.09. The summed E-state index contributed by atoms with van der Waals surface area (Å²) in [5.74, 6) is 1.26. The minimum atomic E-state index is -0.286. The number of methoxy groups -OCH3 is 1. The lowest BCUT2D eigenvalue weighted by atomic mass is 10.1. The number of hydrogen-bond donors (Lipinski definition) is 0. The lowest BCUT2D eigenvalue weighted by Crippen LogP contribution is -2.24. The van der Waals surface area contributed by atoms with Crippen LogP contribution in [0.4, 0.5) is 0 Å². The van der Waals surface area contributed by atoms with Gasteiger partial charge in [-0.05, 0) is 30.2 Å². The van der Waals surface area contributed by atoms with E-state index in [0.29, 0.717) is 29.1 Å². The molecule has 2 heterocycles. The van der Waals surface area contributed by atoms with Gasteiger partial charge in [0.2, 0.25) is 0 Å². The summed E-state index contributed by atoms with van der Waals surface area (Å²) in [6.45, 7) is 5.86. The zero-order valence-corrected chi connectivity index (χ0v) is 15.7. The van der Waals surface area contributed by atoms with Crippen molar-refractivity contribution < 1.29 is 9.26 Å². The number of benzene rings is 2. The highest BCUT2D eigenvalue weighted by molar-refractivity contribution is 5.93. The molecular weight excluding hydrogens is 354 g/mol. The van der Waals surface area contributed by atoms with E-state index in [1.807, 2.05) is 48.5 Å². The van der Waals surface area contributed by atoms with Crippen molar-refractivity contribution in [2.45, 2.75) is 13.5 Å². The van der Waals surface area contributed by atoms with Gasteiger partial charge in [0.25, 0.3) is 5.56 Å². The molecule has 0 saturated carbocycles. The molecule has 2 aromatic heterocycles. The maximum atomic E-state index is 12.9. The van der Waals surface area contributed by atoms with E-state index in [4.69, 9.17) is 9.26 Å². The van der Waals surface area contributed by atoms with Crippen LogP contribution in [0.2, 0.25) is 0 Å². The van der Waals surface area contributed by atoms with Gasteiger partial charge in [0.1, 0.15) is 17.2 Å². The maximum absolute atomic E-state index is 12.9. The van der Waals surface area contributed by atoms with Crippen molar-refractivity contribution in [1.82, 2.24) is 14.9 Å². The minimum Gasteiger partial charge on any atom is -0.497 e. The number of rotatable bonds is 5. The molecule has 140 valence electrons. The molecule has 0 N–H and O–H groups in total. The summed E-state index contributed by atoms with van der Waals surface area (Å²) in [6.07, 6.45) is 1.78. The van der Waals surface area contributed by atoms with E-state index in [9.17, 15) is 4.79 Å². The van der Waals surface area contributed by atoms with E-state index in [1.165, 1.54) is 4.68 Å². The highest BCUT2D eigenvalue weighted by Crippen LogP contribution is 2.29. The van der Waals surface area contributed by atoms with Crippen molar-refractivity contribution in [3.05, 3.63) is 82.4 Å². The lowest BCUT2D eigenvalue weighted by Gasteiger charge is -2.10. The van der Waals surface area contributed by atoms with Crippen molar-refractivity contribution in [3.63, 3.8) is 0 Å². The van der Waals surface area contributed by atoms with Gasteiger partial charge in [-0.25, -0.2) is 4.68 Å². The average molecular weight is 373 g/mol. The highest BCUT2D eigenvalue weighted by Gasteiger charge is 2.19. The molecule has 4 aromatic rings. The first-order chi connectivity index (χ1) is 13.6. The van der Waals surface area contributed by atoms with E-state index < -0.39 is 0 Å². The Labute approximate surface area is 161 Å². The van der Waals surface area contributed by atoms with Crippen molar-refractivity contribution in [1.29, 1.82) is 0 Å². The van der Waals surface area contributed by atoms with Crippen molar-refractivity contribution in [2.75, 3.05) is 7.11 Å². The van der Waals surface area contributed by atoms with Crippen LogP contribution in [0.3, 0.4) is 0 Å². The standard InChI is InChI=1S/C22H19N3O3/c1-4-15-8-10-16(11-9-15)13-25-22(26)21-19(14(2)28-24-21)20(23-25)17-6-5-7-18(12-17)27-3/h4-12H,1,13H2,2-3H3.